The zero-order valence-electron chi connectivity index (χ0n) is 15.3. The first-order chi connectivity index (χ1) is 11.2. The highest BCUT2D eigenvalue weighted by Crippen LogP contribution is 2.37. The molecule has 2 aliphatic rings. The summed E-state index contributed by atoms with van der Waals surface area (Å²) in [6.07, 6.45) is -0.252. The van der Waals surface area contributed by atoms with E-state index in [1.165, 1.54) is 5.56 Å². The molecule has 0 unspecified atom stereocenters. The molecule has 132 valence electrons. The predicted molar refractivity (Wildman–Crippen MR) is 92.5 cm³/mol. The average Bonchev–Trinajstić information content (AvgIpc) is 2.89. The third kappa shape index (κ3) is 3.57. The van der Waals surface area contributed by atoms with Crippen molar-refractivity contribution in [3.8, 4) is 0 Å². The minimum absolute atomic E-state index is 0.0382. The van der Waals surface area contributed by atoms with Crippen molar-refractivity contribution in [2.75, 3.05) is 13.1 Å². The summed E-state index contributed by atoms with van der Waals surface area (Å²) in [6.45, 7) is 12.1. The molecule has 0 N–H and O–H groups in total. The number of nitrogens with zero attached hydrogens (tertiary/aromatic N) is 2. The van der Waals surface area contributed by atoms with Gasteiger partial charge in [-0.05, 0) is 40.2 Å². The highest BCUT2D eigenvalue weighted by molar-refractivity contribution is 5.70. The van der Waals surface area contributed by atoms with E-state index in [9.17, 15) is 4.79 Å². The van der Waals surface area contributed by atoms with Gasteiger partial charge < -0.3 is 9.47 Å². The van der Waals surface area contributed by atoms with E-state index < -0.39 is 11.3 Å². The molecule has 24 heavy (non-hydrogen) atoms. The number of hydrogen-bond acceptors (Lipinski definition) is 4. The summed E-state index contributed by atoms with van der Waals surface area (Å²) in [7, 11) is 0. The zero-order valence-corrected chi connectivity index (χ0v) is 15.3. The molecule has 0 saturated carbocycles. The minimum atomic E-state index is -0.628. The van der Waals surface area contributed by atoms with Crippen molar-refractivity contribution in [2.45, 2.75) is 64.6 Å². The molecule has 0 spiro atoms. The van der Waals surface area contributed by atoms with E-state index in [2.05, 4.69) is 29.2 Å². The van der Waals surface area contributed by atoms with Crippen LogP contribution in [0.2, 0.25) is 0 Å². The van der Waals surface area contributed by atoms with Crippen molar-refractivity contribution in [3.63, 3.8) is 0 Å². The van der Waals surface area contributed by atoms with E-state index in [0.717, 1.165) is 19.6 Å². The number of amides is 1. The molecular formula is C19H28N2O3. The number of rotatable bonds is 2. The van der Waals surface area contributed by atoms with Crippen molar-refractivity contribution in [1.82, 2.24) is 9.80 Å². The molecule has 0 aliphatic carbocycles. The summed E-state index contributed by atoms with van der Waals surface area (Å²) < 4.78 is 11.8. The lowest BCUT2D eigenvalue weighted by atomic mass is 10.1. The van der Waals surface area contributed by atoms with Crippen LogP contribution in [0.25, 0.3) is 0 Å². The predicted octanol–water partition coefficient (Wildman–Crippen LogP) is 3.24. The summed E-state index contributed by atoms with van der Waals surface area (Å²) >= 11 is 0. The molecule has 5 heteroatoms. The van der Waals surface area contributed by atoms with E-state index in [1.807, 2.05) is 40.7 Å². The van der Waals surface area contributed by atoms with Crippen molar-refractivity contribution in [2.24, 2.45) is 0 Å². The van der Waals surface area contributed by atoms with Crippen LogP contribution in [-0.2, 0) is 16.0 Å². The molecule has 1 amide bonds. The minimum Gasteiger partial charge on any atom is -0.444 e. The number of fused-ring (bicyclic) bond motifs is 1. The third-order valence-electron chi connectivity index (χ3n) is 4.50. The molecule has 2 aliphatic heterocycles. The largest absolute Gasteiger partial charge is 0.444 e. The lowest BCUT2D eigenvalue weighted by molar-refractivity contribution is -0.0866. The Balaban J connectivity index is 1.71. The highest BCUT2D eigenvalue weighted by atomic mass is 16.6. The second kappa shape index (κ2) is 6.05. The van der Waals surface area contributed by atoms with Gasteiger partial charge in [-0.2, -0.15) is 0 Å². The molecule has 0 bridgehead atoms. The molecule has 0 aromatic heterocycles. The molecule has 2 heterocycles. The van der Waals surface area contributed by atoms with E-state index in [4.69, 9.17) is 9.47 Å². The topological polar surface area (TPSA) is 42.0 Å². The van der Waals surface area contributed by atoms with Crippen LogP contribution in [0, 0.1) is 0 Å². The van der Waals surface area contributed by atoms with E-state index >= 15 is 0 Å². The van der Waals surface area contributed by atoms with Gasteiger partial charge in [0, 0.05) is 19.6 Å². The zero-order chi connectivity index (χ0) is 17.5. The maximum absolute atomic E-state index is 12.7. The normalized spacial score (nSPS) is 26.5. The summed E-state index contributed by atoms with van der Waals surface area (Å²) in [4.78, 5) is 16.8. The number of carbonyl (C=O) groups is 1. The summed E-state index contributed by atoms with van der Waals surface area (Å²) in [6, 6.07) is 10.4. The second-order valence-electron chi connectivity index (χ2n) is 8.20. The Labute approximate surface area is 144 Å². The van der Waals surface area contributed by atoms with Crippen LogP contribution < -0.4 is 0 Å². The maximum atomic E-state index is 12.7. The van der Waals surface area contributed by atoms with Crippen LogP contribution in [0.4, 0.5) is 4.79 Å². The highest BCUT2D eigenvalue weighted by Gasteiger charge is 2.54. The van der Waals surface area contributed by atoms with Crippen LogP contribution >= 0.6 is 0 Å². The smallest absolute Gasteiger partial charge is 0.412 e. The van der Waals surface area contributed by atoms with E-state index in [1.54, 1.807) is 4.90 Å². The van der Waals surface area contributed by atoms with Crippen molar-refractivity contribution >= 4 is 6.09 Å². The van der Waals surface area contributed by atoms with Crippen LogP contribution in [-0.4, -0.2) is 52.5 Å². The molecule has 5 nitrogen and oxygen atoms in total. The summed E-state index contributed by atoms with van der Waals surface area (Å²) in [5, 5.41) is 0. The van der Waals surface area contributed by atoms with Gasteiger partial charge in [0.05, 0.1) is 12.1 Å². The maximum Gasteiger partial charge on any atom is 0.412 e. The quantitative estimate of drug-likeness (QED) is 0.834. The van der Waals surface area contributed by atoms with Crippen LogP contribution in [0.1, 0.15) is 40.2 Å². The molecule has 2 atom stereocenters. The molecule has 0 radical (unpaired) electrons. The third-order valence-corrected chi connectivity index (χ3v) is 4.50. The fraction of sp³-hybridized carbons (Fsp3) is 0.632. The first-order valence-electron chi connectivity index (χ1n) is 8.62. The Kier molecular flexibility index (Phi) is 4.34. The summed E-state index contributed by atoms with van der Waals surface area (Å²) in [5.74, 6) is 0. The fourth-order valence-corrected chi connectivity index (χ4v) is 3.66. The van der Waals surface area contributed by atoms with Gasteiger partial charge in [0.15, 0.2) is 0 Å². The number of carbonyl (C=O) groups excluding carboxylic acids is 1. The van der Waals surface area contributed by atoms with Gasteiger partial charge in [-0.1, -0.05) is 30.3 Å². The molecule has 1 aromatic rings. The van der Waals surface area contributed by atoms with Crippen LogP contribution in [0.15, 0.2) is 30.3 Å². The van der Waals surface area contributed by atoms with Crippen molar-refractivity contribution in [1.29, 1.82) is 0 Å². The van der Waals surface area contributed by atoms with Crippen molar-refractivity contribution < 1.29 is 14.3 Å². The number of benzene rings is 1. The second-order valence-corrected chi connectivity index (χ2v) is 8.20. The van der Waals surface area contributed by atoms with Gasteiger partial charge in [0.25, 0.3) is 0 Å². The van der Waals surface area contributed by atoms with Gasteiger partial charge in [0.2, 0.25) is 0 Å². The van der Waals surface area contributed by atoms with Crippen molar-refractivity contribution in [3.05, 3.63) is 35.9 Å². The Morgan fingerprint density at radius 3 is 2.54 bits per heavy atom. The molecular weight excluding hydrogens is 304 g/mol. The monoisotopic (exact) mass is 332 g/mol. The van der Waals surface area contributed by atoms with Gasteiger partial charge in [-0.15, -0.1) is 0 Å². The molecule has 2 fully saturated rings. The standard InChI is InChI=1S/C19H28N2O3/c1-18(2,3)24-17(22)21-15-12-20(11-14-9-7-6-8-10-14)13-16(15)23-19(21,4)5/h6-10,15-16H,11-13H2,1-5H3/t15-,16-/m1/s1. The van der Waals surface area contributed by atoms with Gasteiger partial charge >= 0.3 is 6.09 Å². The Morgan fingerprint density at radius 2 is 1.92 bits per heavy atom. The number of likely N-dealkylation sites (tertiary alicyclic amines) is 1. The lowest BCUT2D eigenvalue weighted by Gasteiger charge is -2.35. The molecule has 1 aromatic carbocycles. The Bertz CT molecular complexity index is 594. The first-order valence-corrected chi connectivity index (χ1v) is 8.62. The lowest BCUT2D eigenvalue weighted by Crippen LogP contribution is -2.51. The molecule has 3 rings (SSSR count). The average molecular weight is 332 g/mol. The number of ether oxygens (including phenoxy) is 2. The Hall–Kier alpha value is -1.59. The Morgan fingerprint density at radius 1 is 1.25 bits per heavy atom. The van der Waals surface area contributed by atoms with Crippen LogP contribution in [0.5, 0.6) is 0 Å². The van der Waals surface area contributed by atoms with Gasteiger partial charge in [-0.25, -0.2) is 4.79 Å². The van der Waals surface area contributed by atoms with Gasteiger partial charge in [-0.3, -0.25) is 9.80 Å². The van der Waals surface area contributed by atoms with Crippen LogP contribution in [0.3, 0.4) is 0 Å². The van der Waals surface area contributed by atoms with E-state index in [0.29, 0.717) is 0 Å². The summed E-state index contributed by atoms with van der Waals surface area (Å²) in [5.41, 5.74) is 0.143. The first kappa shape index (κ1) is 17.2. The SMILES string of the molecule is CC(C)(C)OC(=O)N1[C@@H]2CN(Cc3ccccc3)C[C@H]2OC1(C)C. The molecule has 2 saturated heterocycles. The fourth-order valence-electron chi connectivity index (χ4n) is 3.66. The number of hydrogen-bond donors (Lipinski definition) is 0. The van der Waals surface area contributed by atoms with Gasteiger partial charge in [0.1, 0.15) is 11.3 Å². The van der Waals surface area contributed by atoms with E-state index in [-0.39, 0.29) is 18.2 Å².